The van der Waals surface area contributed by atoms with Crippen LogP contribution in [0.25, 0.3) is 0 Å². The summed E-state index contributed by atoms with van der Waals surface area (Å²) in [6, 6.07) is 5.51. The van der Waals surface area contributed by atoms with Crippen LogP contribution in [0.2, 0.25) is 0 Å². The first kappa shape index (κ1) is 18.5. The lowest BCUT2D eigenvalue weighted by Crippen LogP contribution is -2.28. The number of ether oxygens (including phenoxy) is 3. The van der Waals surface area contributed by atoms with E-state index in [1.807, 2.05) is 18.2 Å². The number of esters is 2. The predicted octanol–water partition coefficient (Wildman–Crippen LogP) is 3.13. The van der Waals surface area contributed by atoms with E-state index in [0.717, 1.165) is 22.9 Å². The van der Waals surface area contributed by atoms with Gasteiger partial charge in [0.2, 0.25) is 0 Å². The van der Waals surface area contributed by atoms with Crippen molar-refractivity contribution in [3.8, 4) is 5.75 Å². The zero-order chi connectivity index (χ0) is 16.5. The van der Waals surface area contributed by atoms with E-state index in [9.17, 15) is 9.59 Å². The van der Waals surface area contributed by atoms with E-state index in [-0.39, 0.29) is 6.42 Å². The molecule has 0 amide bonds. The molecule has 0 atom stereocenters. The Balaban J connectivity index is 2.98. The first-order chi connectivity index (χ1) is 10.5. The highest BCUT2D eigenvalue weighted by Gasteiger charge is 2.30. The van der Waals surface area contributed by atoms with E-state index in [2.05, 4.69) is 32.3 Å². The molecule has 122 valence electrons. The van der Waals surface area contributed by atoms with Gasteiger partial charge in [-0.25, -0.2) is 0 Å². The third-order valence-corrected chi connectivity index (χ3v) is 3.67. The summed E-state index contributed by atoms with van der Waals surface area (Å²) in [5, 5.41) is 0. The van der Waals surface area contributed by atoms with Crippen molar-refractivity contribution in [2.75, 3.05) is 20.8 Å². The smallest absolute Gasteiger partial charge is 0.320 e. The molecule has 1 rings (SSSR count). The second-order valence-electron chi connectivity index (χ2n) is 4.76. The van der Waals surface area contributed by atoms with Gasteiger partial charge in [-0.1, -0.05) is 29.3 Å². The lowest BCUT2D eigenvalue weighted by molar-refractivity contribution is -0.158. The van der Waals surface area contributed by atoms with Gasteiger partial charge in [0.1, 0.15) is 5.75 Å². The molecule has 0 spiro atoms. The first-order valence-corrected chi connectivity index (χ1v) is 7.89. The Kier molecular flexibility index (Phi) is 7.95. The van der Waals surface area contributed by atoms with Gasteiger partial charge >= 0.3 is 11.9 Å². The van der Waals surface area contributed by atoms with Gasteiger partial charge in [-0.15, -0.1) is 0 Å². The van der Waals surface area contributed by atoms with E-state index in [4.69, 9.17) is 4.74 Å². The molecule has 0 bridgehead atoms. The van der Waals surface area contributed by atoms with Crippen molar-refractivity contribution in [3.63, 3.8) is 0 Å². The zero-order valence-electron chi connectivity index (χ0n) is 13.1. The number of unbranched alkanes of at least 4 members (excludes halogenated alkanes) is 1. The van der Waals surface area contributed by atoms with Crippen LogP contribution in [0.1, 0.15) is 25.3 Å². The molecule has 0 aliphatic heterocycles. The first-order valence-electron chi connectivity index (χ1n) is 7.10. The summed E-state index contributed by atoms with van der Waals surface area (Å²) >= 11 is 3.39. The molecule has 0 fully saturated rings. The topological polar surface area (TPSA) is 61.8 Å². The van der Waals surface area contributed by atoms with Gasteiger partial charge in [0.25, 0.3) is 0 Å². The highest BCUT2D eigenvalue weighted by molar-refractivity contribution is 9.10. The lowest BCUT2D eigenvalue weighted by Gasteiger charge is -2.16. The molecule has 0 unspecified atom stereocenters. The molecule has 0 aliphatic carbocycles. The number of benzene rings is 1. The van der Waals surface area contributed by atoms with Crippen molar-refractivity contribution in [1.29, 1.82) is 0 Å². The Hall–Kier alpha value is -1.56. The highest BCUT2D eigenvalue weighted by atomic mass is 79.9. The molecule has 0 aromatic heterocycles. The van der Waals surface area contributed by atoms with Gasteiger partial charge in [-0.05, 0) is 30.2 Å². The maximum absolute atomic E-state index is 11.8. The average Bonchev–Trinajstić information content (AvgIpc) is 2.53. The van der Waals surface area contributed by atoms with Crippen LogP contribution in [0.15, 0.2) is 22.7 Å². The molecule has 1 aromatic carbocycles. The highest BCUT2D eigenvalue weighted by Crippen LogP contribution is 2.27. The van der Waals surface area contributed by atoms with Crippen LogP contribution in [0.3, 0.4) is 0 Å². The van der Waals surface area contributed by atoms with E-state index < -0.39 is 17.9 Å². The van der Waals surface area contributed by atoms with Crippen LogP contribution in [-0.2, 0) is 25.5 Å². The van der Waals surface area contributed by atoms with Crippen molar-refractivity contribution in [3.05, 3.63) is 28.2 Å². The van der Waals surface area contributed by atoms with Crippen LogP contribution in [0.4, 0.5) is 0 Å². The Labute approximate surface area is 139 Å². The predicted molar refractivity (Wildman–Crippen MR) is 85.8 cm³/mol. The number of carbonyl (C=O) groups excluding carboxylic acids is 2. The van der Waals surface area contributed by atoms with Crippen LogP contribution < -0.4 is 4.74 Å². The lowest BCUT2D eigenvalue weighted by atomic mass is 9.98. The SMILES string of the molecule is CCCCOc1ccc(Br)cc1CC(C(=O)OC)C(=O)OC. The molecule has 0 heterocycles. The maximum atomic E-state index is 11.8. The van der Waals surface area contributed by atoms with Gasteiger partial charge in [-0.2, -0.15) is 0 Å². The number of carbonyl (C=O) groups is 2. The molecule has 5 nitrogen and oxygen atoms in total. The van der Waals surface area contributed by atoms with Crippen molar-refractivity contribution < 1.29 is 23.8 Å². The third-order valence-electron chi connectivity index (χ3n) is 3.17. The van der Waals surface area contributed by atoms with E-state index in [1.54, 1.807) is 0 Å². The zero-order valence-corrected chi connectivity index (χ0v) is 14.6. The molecule has 0 saturated heterocycles. The minimum absolute atomic E-state index is 0.167. The molecular formula is C16H21BrO5. The minimum atomic E-state index is -1.00. The monoisotopic (exact) mass is 372 g/mol. The summed E-state index contributed by atoms with van der Waals surface area (Å²) in [4.78, 5) is 23.6. The fourth-order valence-electron chi connectivity index (χ4n) is 1.94. The van der Waals surface area contributed by atoms with Crippen molar-refractivity contribution >= 4 is 27.9 Å². The number of methoxy groups -OCH3 is 2. The van der Waals surface area contributed by atoms with Crippen LogP contribution >= 0.6 is 15.9 Å². The Bertz CT molecular complexity index is 499. The summed E-state index contributed by atoms with van der Waals surface area (Å²) in [6.45, 7) is 2.67. The standard InChI is InChI=1S/C16H21BrO5/c1-4-5-8-22-14-7-6-12(17)9-11(14)10-13(15(18)20-2)16(19)21-3/h6-7,9,13H,4-5,8,10H2,1-3H3. The fraction of sp³-hybridized carbons (Fsp3) is 0.500. The number of hydrogen-bond acceptors (Lipinski definition) is 5. The van der Waals surface area contributed by atoms with Crippen molar-refractivity contribution in [1.82, 2.24) is 0 Å². The quantitative estimate of drug-likeness (QED) is 0.398. The van der Waals surface area contributed by atoms with E-state index in [1.165, 1.54) is 14.2 Å². The van der Waals surface area contributed by atoms with Crippen LogP contribution in [-0.4, -0.2) is 32.8 Å². The molecule has 1 aromatic rings. The summed E-state index contributed by atoms with van der Waals surface area (Å²) in [7, 11) is 2.50. The molecular weight excluding hydrogens is 352 g/mol. The molecule has 0 radical (unpaired) electrons. The average molecular weight is 373 g/mol. The summed E-state index contributed by atoms with van der Waals surface area (Å²) in [6.07, 6.45) is 2.13. The largest absolute Gasteiger partial charge is 0.493 e. The number of halogens is 1. The van der Waals surface area contributed by atoms with Gasteiger partial charge < -0.3 is 14.2 Å². The Morgan fingerprint density at radius 2 is 1.82 bits per heavy atom. The molecule has 0 aliphatic rings. The van der Waals surface area contributed by atoms with Gasteiger partial charge in [0.05, 0.1) is 20.8 Å². The van der Waals surface area contributed by atoms with Gasteiger partial charge in [0.15, 0.2) is 5.92 Å². The van der Waals surface area contributed by atoms with Crippen LogP contribution in [0, 0.1) is 5.92 Å². The van der Waals surface area contributed by atoms with E-state index >= 15 is 0 Å². The molecule has 22 heavy (non-hydrogen) atoms. The Morgan fingerprint density at radius 1 is 1.18 bits per heavy atom. The van der Waals surface area contributed by atoms with Gasteiger partial charge in [-0.3, -0.25) is 9.59 Å². The van der Waals surface area contributed by atoms with Crippen LogP contribution in [0.5, 0.6) is 5.75 Å². The summed E-state index contributed by atoms with van der Waals surface area (Å²) < 4.78 is 15.9. The molecule has 0 saturated carbocycles. The Morgan fingerprint density at radius 3 is 2.36 bits per heavy atom. The second kappa shape index (κ2) is 9.46. The van der Waals surface area contributed by atoms with Crippen molar-refractivity contribution in [2.24, 2.45) is 5.92 Å². The molecule has 0 N–H and O–H groups in total. The number of rotatable bonds is 8. The normalized spacial score (nSPS) is 10.4. The fourth-order valence-corrected chi connectivity index (χ4v) is 2.35. The van der Waals surface area contributed by atoms with Gasteiger partial charge in [0, 0.05) is 10.9 Å². The third kappa shape index (κ3) is 5.33. The summed E-state index contributed by atoms with van der Waals surface area (Å²) in [5.41, 5.74) is 0.756. The van der Waals surface area contributed by atoms with Crippen molar-refractivity contribution in [2.45, 2.75) is 26.2 Å². The number of hydrogen-bond donors (Lipinski definition) is 0. The minimum Gasteiger partial charge on any atom is -0.493 e. The second-order valence-corrected chi connectivity index (χ2v) is 5.67. The van der Waals surface area contributed by atoms with E-state index in [0.29, 0.717) is 12.4 Å². The molecule has 6 heteroatoms. The summed E-state index contributed by atoms with van der Waals surface area (Å²) in [5.74, 6) is -1.58. The maximum Gasteiger partial charge on any atom is 0.320 e.